The standard InChI is InChI=1S/C25H29F3N4O2/c1-5-14-31-17(2)21-23(30(4)24(31)33)29(3)22(32(21)16-18-10-7-6-8-11-18)19-12-9-13-20(15-19)34-25(26,27)28/h6-8,10-12,15,22H,2,5,9,13-14,16H2,1,3-4H3. The first-order valence-corrected chi connectivity index (χ1v) is 11.3. The highest BCUT2D eigenvalue weighted by atomic mass is 19.4. The van der Waals surface area contributed by atoms with Gasteiger partial charge in [-0.25, -0.2) is 4.79 Å². The average molecular weight is 475 g/mol. The number of likely N-dealkylation sites (N-methyl/N-ethyl adjacent to an activating group) is 1. The summed E-state index contributed by atoms with van der Waals surface area (Å²) >= 11 is 0. The van der Waals surface area contributed by atoms with E-state index in [4.69, 9.17) is 0 Å². The molecule has 2 amide bonds. The number of benzene rings is 1. The molecule has 2 aliphatic heterocycles. The van der Waals surface area contributed by atoms with Gasteiger partial charge < -0.3 is 14.5 Å². The van der Waals surface area contributed by atoms with E-state index in [0.29, 0.717) is 36.6 Å². The van der Waals surface area contributed by atoms with E-state index in [1.165, 1.54) is 6.08 Å². The Morgan fingerprint density at radius 2 is 1.88 bits per heavy atom. The Bertz CT molecular complexity index is 1060. The van der Waals surface area contributed by atoms with Gasteiger partial charge in [-0.1, -0.05) is 49.9 Å². The molecular formula is C25H29F3N4O2. The highest BCUT2D eigenvalue weighted by Crippen LogP contribution is 2.43. The fraction of sp³-hybridized carbons (Fsp3) is 0.400. The van der Waals surface area contributed by atoms with Crippen LogP contribution in [0.1, 0.15) is 31.7 Å². The summed E-state index contributed by atoms with van der Waals surface area (Å²) in [6, 6.07) is 9.66. The van der Waals surface area contributed by atoms with E-state index in [1.54, 1.807) is 16.8 Å². The monoisotopic (exact) mass is 474 g/mol. The van der Waals surface area contributed by atoms with Crippen molar-refractivity contribution in [2.45, 2.75) is 45.3 Å². The summed E-state index contributed by atoms with van der Waals surface area (Å²) in [5.74, 6) is 0.570. The lowest BCUT2D eigenvalue weighted by molar-refractivity contribution is -0.306. The minimum absolute atomic E-state index is 0.112. The number of carbonyl (C=O) groups excluding carboxylic acids is 1. The number of rotatable bonds is 6. The van der Waals surface area contributed by atoms with Crippen molar-refractivity contribution in [2.24, 2.45) is 0 Å². The van der Waals surface area contributed by atoms with Crippen LogP contribution in [0, 0.1) is 0 Å². The highest BCUT2D eigenvalue weighted by molar-refractivity contribution is 5.81. The molecule has 0 aromatic heterocycles. The third-order valence-corrected chi connectivity index (χ3v) is 6.22. The van der Waals surface area contributed by atoms with E-state index in [1.807, 2.05) is 55.3 Å². The molecule has 1 unspecified atom stereocenters. The van der Waals surface area contributed by atoms with Crippen LogP contribution in [0.3, 0.4) is 0 Å². The number of urea groups is 1. The summed E-state index contributed by atoms with van der Waals surface area (Å²) in [5, 5.41) is 0. The molecule has 1 aromatic carbocycles. The predicted octanol–water partition coefficient (Wildman–Crippen LogP) is 5.36. The van der Waals surface area contributed by atoms with Gasteiger partial charge in [0.1, 0.15) is 23.4 Å². The van der Waals surface area contributed by atoms with Crippen molar-refractivity contribution in [3.8, 4) is 0 Å². The molecule has 182 valence electrons. The maximum absolute atomic E-state index is 13.1. The van der Waals surface area contributed by atoms with Gasteiger partial charge in [0, 0.05) is 33.6 Å². The maximum Gasteiger partial charge on any atom is 0.572 e. The summed E-state index contributed by atoms with van der Waals surface area (Å²) < 4.78 is 43.0. The molecule has 0 spiro atoms. The molecule has 1 aromatic rings. The van der Waals surface area contributed by atoms with Crippen LogP contribution < -0.4 is 0 Å². The smallest absolute Gasteiger partial charge is 0.410 e. The number of hydrogen-bond acceptors (Lipinski definition) is 4. The van der Waals surface area contributed by atoms with Gasteiger partial charge in [-0.15, -0.1) is 13.2 Å². The Kier molecular flexibility index (Phi) is 6.38. The number of nitrogens with zero attached hydrogens (tertiary/aromatic N) is 4. The third-order valence-electron chi connectivity index (χ3n) is 6.22. The van der Waals surface area contributed by atoms with Gasteiger partial charge >= 0.3 is 12.4 Å². The zero-order valence-corrected chi connectivity index (χ0v) is 19.6. The van der Waals surface area contributed by atoms with Crippen molar-refractivity contribution in [3.63, 3.8) is 0 Å². The third kappa shape index (κ3) is 4.38. The summed E-state index contributed by atoms with van der Waals surface area (Å²) in [6.45, 7) is 7.27. The Morgan fingerprint density at radius 1 is 1.18 bits per heavy atom. The Hall–Kier alpha value is -3.36. The molecule has 0 radical (unpaired) electrons. The number of ether oxygens (including phenoxy) is 1. The van der Waals surface area contributed by atoms with Crippen LogP contribution in [0.5, 0.6) is 0 Å². The fourth-order valence-corrected chi connectivity index (χ4v) is 4.86. The average Bonchev–Trinajstić information content (AvgIpc) is 3.07. The van der Waals surface area contributed by atoms with Gasteiger partial charge in [-0.2, -0.15) is 0 Å². The number of amides is 2. The van der Waals surface area contributed by atoms with Gasteiger partial charge in [-0.3, -0.25) is 9.80 Å². The van der Waals surface area contributed by atoms with Crippen LogP contribution in [-0.2, 0) is 11.3 Å². The first-order chi connectivity index (χ1) is 16.1. The highest BCUT2D eigenvalue weighted by Gasteiger charge is 2.47. The van der Waals surface area contributed by atoms with E-state index < -0.39 is 12.5 Å². The summed E-state index contributed by atoms with van der Waals surface area (Å²) in [7, 11) is 3.57. The number of allylic oxidation sites excluding steroid dienone is 2. The van der Waals surface area contributed by atoms with Crippen LogP contribution >= 0.6 is 0 Å². The molecule has 2 heterocycles. The van der Waals surface area contributed by atoms with Gasteiger partial charge in [0.2, 0.25) is 0 Å². The van der Waals surface area contributed by atoms with Gasteiger partial charge in [0.05, 0.1) is 5.70 Å². The topological polar surface area (TPSA) is 39.3 Å². The van der Waals surface area contributed by atoms with Gasteiger partial charge in [-0.05, 0) is 30.1 Å². The van der Waals surface area contributed by atoms with E-state index in [9.17, 15) is 18.0 Å². The van der Waals surface area contributed by atoms with Crippen LogP contribution in [-0.4, -0.2) is 58.8 Å². The molecule has 4 rings (SSSR count). The van der Waals surface area contributed by atoms with Crippen molar-refractivity contribution in [1.82, 2.24) is 19.6 Å². The van der Waals surface area contributed by atoms with Gasteiger partial charge in [0.15, 0.2) is 0 Å². The van der Waals surface area contributed by atoms with Crippen molar-refractivity contribution in [1.29, 1.82) is 0 Å². The summed E-state index contributed by atoms with van der Waals surface area (Å²) in [5.41, 5.74) is 3.12. The minimum Gasteiger partial charge on any atom is -0.410 e. The van der Waals surface area contributed by atoms with E-state index >= 15 is 0 Å². The van der Waals surface area contributed by atoms with Crippen LogP contribution in [0.2, 0.25) is 0 Å². The molecule has 6 nitrogen and oxygen atoms in total. The second-order valence-electron chi connectivity index (χ2n) is 8.61. The van der Waals surface area contributed by atoms with Crippen molar-refractivity contribution in [2.75, 3.05) is 20.6 Å². The van der Waals surface area contributed by atoms with E-state index in [-0.39, 0.29) is 18.2 Å². The lowest BCUT2D eigenvalue weighted by Crippen LogP contribution is -2.47. The molecule has 0 bridgehead atoms. The minimum atomic E-state index is -4.74. The molecule has 0 N–H and O–H groups in total. The van der Waals surface area contributed by atoms with E-state index in [0.717, 1.165) is 17.7 Å². The molecular weight excluding hydrogens is 445 g/mol. The SMILES string of the molecule is C=C1C2=C(N(C)C(=O)N1CCC)N(C)C(C1=CCCC(OC(F)(F)F)=C1)N2Cc1ccccc1. The molecule has 1 atom stereocenters. The largest absolute Gasteiger partial charge is 0.572 e. The fourth-order valence-electron chi connectivity index (χ4n) is 4.86. The van der Waals surface area contributed by atoms with Gasteiger partial charge in [0.25, 0.3) is 0 Å². The van der Waals surface area contributed by atoms with E-state index in [2.05, 4.69) is 16.2 Å². The lowest BCUT2D eigenvalue weighted by atomic mass is 10.0. The molecule has 0 fully saturated rings. The van der Waals surface area contributed by atoms with Crippen molar-refractivity contribution >= 4 is 6.03 Å². The number of halogens is 3. The Balaban J connectivity index is 1.77. The number of hydrogen-bond donors (Lipinski definition) is 0. The zero-order valence-electron chi connectivity index (χ0n) is 19.6. The second-order valence-corrected chi connectivity index (χ2v) is 8.61. The molecule has 9 heteroatoms. The maximum atomic E-state index is 13.1. The molecule has 0 saturated carbocycles. The second kappa shape index (κ2) is 9.12. The summed E-state index contributed by atoms with van der Waals surface area (Å²) in [4.78, 5) is 20.4. The van der Waals surface area contributed by atoms with Crippen LogP contribution in [0.4, 0.5) is 18.0 Å². The van der Waals surface area contributed by atoms with Crippen LogP contribution in [0.25, 0.3) is 0 Å². The van der Waals surface area contributed by atoms with Crippen molar-refractivity contribution in [3.05, 3.63) is 83.2 Å². The zero-order chi connectivity index (χ0) is 24.6. The molecule has 3 aliphatic rings. The molecule has 34 heavy (non-hydrogen) atoms. The van der Waals surface area contributed by atoms with Crippen molar-refractivity contribution < 1.29 is 22.7 Å². The number of carbonyl (C=O) groups is 1. The Labute approximate surface area is 197 Å². The lowest BCUT2D eigenvalue weighted by Gasteiger charge is -2.37. The number of alkyl halides is 3. The first kappa shape index (κ1) is 23.8. The molecule has 1 aliphatic carbocycles. The quantitative estimate of drug-likeness (QED) is 0.557. The normalized spacial score (nSPS) is 21.2. The first-order valence-electron chi connectivity index (χ1n) is 11.3. The predicted molar refractivity (Wildman–Crippen MR) is 122 cm³/mol. The van der Waals surface area contributed by atoms with Crippen LogP contribution in [0.15, 0.2) is 77.6 Å². The Morgan fingerprint density at radius 3 is 2.53 bits per heavy atom. The molecule has 0 saturated heterocycles. The summed E-state index contributed by atoms with van der Waals surface area (Å²) in [6.07, 6.45) is -0.364.